The summed E-state index contributed by atoms with van der Waals surface area (Å²) in [6.45, 7) is 1.93. The number of aryl methyl sites for hydroxylation is 1. The average Bonchev–Trinajstić information content (AvgIpc) is 3.20. The van der Waals surface area contributed by atoms with Crippen LogP contribution in [0.25, 0.3) is 17.0 Å². The van der Waals surface area contributed by atoms with E-state index in [9.17, 15) is 19.2 Å². The molecule has 8 nitrogen and oxygen atoms in total. The lowest BCUT2D eigenvalue weighted by Crippen LogP contribution is -2.54. The highest BCUT2D eigenvalue weighted by molar-refractivity contribution is 6.39. The second-order valence-corrected chi connectivity index (χ2v) is 8.44. The fraction of sp³-hybridized carbons (Fsp3) is 0.0714. The van der Waals surface area contributed by atoms with Crippen LogP contribution in [0.2, 0.25) is 0 Å². The highest BCUT2D eigenvalue weighted by atomic mass is 16.2. The first kappa shape index (κ1) is 22.8. The van der Waals surface area contributed by atoms with Gasteiger partial charge in [0.1, 0.15) is 12.1 Å². The number of para-hydroxylation sites is 2. The Bertz CT molecular complexity index is 1540. The number of barbiturate groups is 1. The number of imide groups is 2. The maximum absolute atomic E-state index is 13.3. The molecule has 2 heterocycles. The van der Waals surface area contributed by atoms with Crippen molar-refractivity contribution >= 4 is 52.1 Å². The number of nitrogens with zero attached hydrogens (tertiary/aromatic N) is 2. The smallest absolute Gasteiger partial charge is 0.335 e. The van der Waals surface area contributed by atoms with Crippen molar-refractivity contribution in [2.24, 2.45) is 0 Å². The summed E-state index contributed by atoms with van der Waals surface area (Å²) in [4.78, 5) is 52.0. The first-order chi connectivity index (χ1) is 17.4. The Morgan fingerprint density at radius 1 is 0.917 bits per heavy atom. The molecule has 5 amide bonds. The first-order valence-electron chi connectivity index (χ1n) is 11.3. The van der Waals surface area contributed by atoms with Gasteiger partial charge < -0.3 is 9.88 Å². The number of hydrogen-bond donors (Lipinski definition) is 2. The molecule has 0 unspecified atom stereocenters. The number of carbonyl (C=O) groups is 4. The summed E-state index contributed by atoms with van der Waals surface area (Å²) >= 11 is 0. The van der Waals surface area contributed by atoms with Crippen LogP contribution in [0.3, 0.4) is 0 Å². The summed E-state index contributed by atoms with van der Waals surface area (Å²) < 4.78 is 1.76. The molecule has 1 aromatic heterocycles. The van der Waals surface area contributed by atoms with Gasteiger partial charge in [0, 0.05) is 28.4 Å². The van der Waals surface area contributed by atoms with E-state index < -0.39 is 17.8 Å². The Hall–Kier alpha value is -4.98. The van der Waals surface area contributed by atoms with E-state index in [0.717, 1.165) is 21.4 Å². The maximum Gasteiger partial charge on any atom is 0.335 e. The molecule has 36 heavy (non-hydrogen) atoms. The summed E-state index contributed by atoms with van der Waals surface area (Å²) in [7, 11) is 0. The van der Waals surface area contributed by atoms with Crippen molar-refractivity contribution in [2.75, 3.05) is 10.2 Å². The van der Waals surface area contributed by atoms with Crippen LogP contribution in [-0.4, -0.2) is 28.3 Å². The summed E-state index contributed by atoms with van der Waals surface area (Å²) in [5, 5.41) is 5.86. The number of anilines is 2. The van der Waals surface area contributed by atoms with Gasteiger partial charge in [-0.1, -0.05) is 54.1 Å². The fourth-order valence-electron chi connectivity index (χ4n) is 4.14. The zero-order valence-corrected chi connectivity index (χ0v) is 19.4. The van der Waals surface area contributed by atoms with E-state index in [1.807, 2.05) is 49.4 Å². The predicted octanol–water partition coefficient (Wildman–Crippen LogP) is 4.25. The zero-order valence-electron chi connectivity index (χ0n) is 19.4. The Balaban J connectivity index is 1.49. The summed E-state index contributed by atoms with van der Waals surface area (Å²) in [5.41, 5.74) is 3.19. The number of nitrogens with one attached hydrogen (secondary N) is 2. The van der Waals surface area contributed by atoms with Crippen molar-refractivity contribution < 1.29 is 19.2 Å². The molecule has 0 radical (unpaired) electrons. The molecule has 1 aliphatic rings. The first-order valence-corrected chi connectivity index (χ1v) is 11.3. The Morgan fingerprint density at radius 3 is 2.36 bits per heavy atom. The molecular weight excluding hydrogens is 456 g/mol. The molecule has 3 aromatic carbocycles. The third-order valence-electron chi connectivity index (χ3n) is 5.88. The van der Waals surface area contributed by atoms with Gasteiger partial charge in [-0.05, 0) is 43.3 Å². The molecule has 0 aliphatic carbocycles. The van der Waals surface area contributed by atoms with Crippen LogP contribution in [0.4, 0.5) is 16.2 Å². The second kappa shape index (κ2) is 9.34. The largest absolute Gasteiger partial charge is 0.337 e. The van der Waals surface area contributed by atoms with Gasteiger partial charge in [-0.25, -0.2) is 9.69 Å². The minimum absolute atomic E-state index is 0.0344. The van der Waals surface area contributed by atoms with Crippen LogP contribution >= 0.6 is 0 Å². The summed E-state index contributed by atoms with van der Waals surface area (Å²) in [6.07, 6.45) is 3.18. The third-order valence-corrected chi connectivity index (χ3v) is 5.88. The van der Waals surface area contributed by atoms with E-state index in [1.165, 1.54) is 6.08 Å². The molecule has 5 rings (SSSR count). The molecule has 8 heteroatoms. The monoisotopic (exact) mass is 478 g/mol. The standard InChI is InChI=1S/C28H22N4O4/c1-18-11-13-21(14-12-18)32-27(35)23(26(34)30-28(32)36)15-19-16-31(24-10-6-5-9-22(19)24)17-25(33)29-20-7-3-2-4-8-20/h2-16H,17H2,1H3,(H,29,33)(H,30,34,36). The van der Waals surface area contributed by atoms with E-state index in [-0.39, 0.29) is 18.0 Å². The van der Waals surface area contributed by atoms with E-state index in [4.69, 9.17) is 0 Å². The Labute approximate surface area is 206 Å². The SMILES string of the molecule is Cc1ccc(N2C(=O)NC(=O)C(=Cc3cn(CC(=O)Nc4ccccc4)c4ccccc34)C2=O)cc1. The molecule has 1 saturated heterocycles. The van der Waals surface area contributed by atoms with E-state index in [0.29, 0.717) is 16.9 Å². The normalized spacial score (nSPS) is 14.9. The van der Waals surface area contributed by atoms with Gasteiger partial charge in [-0.15, -0.1) is 0 Å². The molecular formula is C28H22N4O4. The molecule has 1 aliphatic heterocycles. The van der Waals surface area contributed by atoms with Crippen molar-refractivity contribution in [3.05, 3.63) is 102 Å². The lowest BCUT2D eigenvalue weighted by molar-refractivity contribution is -0.122. The van der Waals surface area contributed by atoms with Crippen LogP contribution in [0.15, 0.2) is 90.6 Å². The van der Waals surface area contributed by atoms with Gasteiger partial charge >= 0.3 is 6.03 Å². The number of carbonyl (C=O) groups excluding carboxylic acids is 4. The molecule has 0 spiro atoms. The minimum atomic E-state index is -0.800. The van der Waals surface area contributed by atoms with Crippen molar-refractivity contribution in [3.63, 3.8) is 0 Å². The topological polar surface area (TPSA) is 101 Å². The van der Waals surface area contributed by atoms with Gasteiger partial charge in [0.2, 0.25) is 5.91 Å². The number of rotatable bonds is 5. The lowest BCUT2D eigenvalue weighted by atomic mass is 10.1. The highest BCUT2D eigenvalue weighted by Gasteiger charge is 2.37. The Kier molecular flexibility index (Phi) is 5.92. The van der Waals surface area contributed by atoms with E-state index >= 15 is 0 Å². The highest BCUT2D eigenvalue weighted by Crippen LogP contribution is 2.27. The van der Waals surface area contributed by atoms with E-state index in [2.05, 4.69) is 10.6 Å². The molecule has 2 N–H and O–H groups in total. The quantitative estimate of drug-likeness (QED) is 0.331. The number of urea groups is 1. The van der Waals surface area contributed by atoms with Crippen molar-refractivity contribution in [1.82, 2.24) is 9.88 Å². The van der Waals surface area contributed by atoms with Crippen LogP contribution in [-0.2, 0) is 20.9 Å². The summed E-state index contributed by atoms with van der Waals surface area (Å²) in [5.74, 6) is -1.71. The van der Waals surface area contributed by atoms with Gasteiger partial charge in [-0.2, -0.15) is 0 Å². The van der Waals surface area contributed by atoms with Gasteiger partial charge in [0.15, 0.2) is 0 Å². The molecule has 178 valence electrons. The molecule has 1 fully saturated rings. The molecule has 0 atom stereocenters. The molecule has 4 aromatic rings. The zero-order chi connectivity index (χ0) is 25.2. The van der Waals surface area contributed by atoms with Crippen molar-refractivity contribution in [2.45, 2.75) is 13.5 Å². The number of benzene rings is 3. The minimum Gasteiger partial charge on any atom is -0.337 e. The number of fused-ring (bicyclic) bond motifs is 1. The number of hydrogen-bond acceptors (Lipinski definition) is 4. The second-order valence-electron chi connectivity index (χ2n) is 8.44. The van der Waals surface area contributed by atoms with Crippen LogP contribution in [0.1, 0.15) is 11.1 Å². The van der Waals surface area contributed by atoms with Crippen molar-refractivity contribution in [1.29, 1.82) is 0 Å². The number of aromatic nitrogens is 1. The predicted molar refractivity (Wildman–Crippen MR) is 137 cm³/mol. The number of amides is 5. The van der Waals surface area contributed by atoms with Crippen molar-refractivity contribution in [3.8, 4) is 0 Å². The summed E-state index contributed by atoms with van der Waals surface area (Å²) in [6, 6.07) is 22.6. The van der Waals surface area contributed by atoms with Gasteiger partial charge in [-0.3, -0.25) is 19.7 Å². The molecule has 0 bridgehead atoms. The average molecular weight is 479 g/mol. The third kappa shape index (κ3) is 4.39. The van der Waals surface area contributed by atoms with Crippen LogP contribution in [0, 0.1) is 6.92 Å². The van der Waals surface area contributed by atoms with Gasteiger partial charge in [0.05, 0.1) is 5.69 Å². The maximum atomic E-state index is 13.3. The van der Waals surface area contributed by atoms with E-state index in [1.54, 1.807) is 47.2 Å². The Morgan fingerprint density at radius 2 is 1.61 bits per heavy atom. The lowest BCUT2D eigenvalue weighted by Gasteiger charge is -2.26. The van der Waals surface area contributed by atoms with Crippen LogP contribution < -0.4 is 15.5 Å². The molecule has 0 saturated carbocycles. The van der Waals surface area contributed by atoms with Crippen LogP contribution in [0.5, 0.6) is 0 Å². The fourth-order valence-corrected chi connectivity index (χ4v) is 4.14. The van der Waals surface area contributed by atoms with Gasteiger partial charge in [0.25, 0.3) is 11.8 Å².